The number of carbonyl (C=O) groups excluding carboxylic acids is 1. The van der Waals surface area contributed by atoms with E-state index in [9.17, 15) is 4.79 Å². The van der Waals surface area contributed by atoms with Gasteiger partial charge in [0.25, 0.3) is 0 Å². The molecule has 18 heavy (non-hydrogen) atoms. The van der Waals surface area contributed by atoms with Gasteiger partial charge in [-0.05, 0) is 49.9 Å². The van der Waals surface area contributed by atoms with Crippen LogP contribution >= 0.6 is 0 Å². The molecule has 2 heterocycles. The summed E-state index contributed by atoms with van der Waals surface area (Å²) in [6.45, 7) is 3.19. The van der Waals surface area contributed by atoms with Gasteiger partial charge in [-0.15, -0.1) is 0 Å². The van der Waals surface area contributed by atoms with Crippen LogP contribution in [0.5, 0.6) is 0 Å². The van der Waals surface area contributed by atoms with Gasteiger partial charge in [0.1, 0.15) is 0 Å². The van der Waals surface area contributed by atoms with E-state index in [2.05, 4.69) is 17.6 Å². The molecule has 2 aliphatic heterocycles. The SMILES string of the molecule is CC1(CNC(=O)CC2CC3CCC(C2)N3)CCC1. The summed E-state index contributed by atoms with van der Waals surface area (Å²) in [5.41, 5.74) is 0.406. The largest absolute Gasteiger partial charge is 0.356 e. The molecule has 1 aliphatic carbocycles. The van der Waals surface area contributed by atoms with E-state index in [1.807, 2.05) is 0 Å². The fourth-order valence-corrected chi connectivity index (χ4v) is 3.95. The molecule has 2 atom stereocenters. The van der Waals surface area contributed by atoms with Gasteiger partial charge in [0.2, 0.25) is 5.91 Å². The highest BCUT2D eigenvalue weighted by Crippen LogP contribution is 2.39. The third-order valence-electron chi connectivity index (χ3n) is 5.32. The minimum absolute atomic E-state index is 0.287. The van der Waals surface area contributed by atoms with E-state index in [-0.39, 0.29) is 5.91 Å². The Morgan fingerprint density at radius 3 is 2.50 bits per heavy atom. The number of hydrogen-bond donors (Lipinski definition) is 2. The zero-order valence-electron chi connectivity index (χ0n) is 11.5. The molecule has 3 rings (SSSR count). The van der Waals surface area contributed by atoms with E-state index in [1.165, 1.54) is 44.9 Å². The van der Waals surface area contributed by atoms with Gasteiger partial charge < -0.3 is 10.6 Å². The molecule has 2 unspecified atom stereocenters. The lowest BCUT2D eigenvalue weighted by Gasteiger charge is -2.38. The van der Waals surface area contributed by atoms with Crippen molar-refractivity contribution in [2.45, 2.75) is 70.4 Å². The first-order valence-electron chi connectivity index (χ1n) is 7.66. The van der Waals surface area contributed by atoms with E-state index >= 15 is 0 Å². The topological polar surface area (TPSA) is 41.1 Å². The van der Waals surface area contributed by atoms with Crippen molar-refractivity contribution in [3.63, 3.8) is 0 Å². The molecule has 2 saturated heterocycles. The minimum Gasteiger partial charge on any atom is -0.356 e. The van der Waals surface area contributed by atoms with Crippen molar-refractivity contribution in [2.24, 2.45) is 11.3 Å². The molecule has 3 nitrogen and oxygen atoms in total. The normalized spacial score (nSPS) is 37.1. The Labute approximate surface area is 110 Å². The highest BCUT2D eigenvalue weighted by Gasteiger charge is 2.35. The van der Waals surface area contributed by atoms with Crippen molar-refractivity contribution in [3.05, 3.63) is 0 Å². The van der Waals surface area contributed by atoms with Crippen LogP contribution in [0.4, 0.5) is 0 Å². The van der Waals surface area contributed by atoms with Crippen LogP contribution in [0.25, 0.3) is 0 Å². The lowest BCUT2D eigenvalue weighted by molar-refractivity contribution is -0.123. The lowest BCUT2D eigenvalue weighted by Crippen LogP contribution is -2.42. The first-order chi connectivity index (χ1) is 8.63. The molecular formula is C15H26N2O. The third kappa shape index (κ3) is 2.71. The molecule has 0 spiro atoms. The van der Waals surface area contributed by atoms with Crippen LogP contribution in [-0.2, 0) is 4.79 Å². The van der Waals surface area contributed by atoms with Crippen LogP contribution in [0.2, 0.25) is 0 Å². The summed E-state index contributed by atoms with van der Waals surface area (Å²) < 4.78 is 0. The van der Waals surface area contributed by atoms with E-state index in [4.69, 9.17) is 0 Å². The van der Waals surface area contributed by atoms with Gasteiger partial charge >= 0.3 is 0 Å². The zero-order chi connectivity index (χ0) is 12.6. The Kier molecular flexibility index (Phi) is 3.35. The van der Waals surface area contributed by atoms with E-state index in [0.717, 1.165) is 13.0 Å². The van der Waals surface area contributed by atoms with Crippen LogP contribution in [-0.4, -0.2) is 24.5 Å². The highest BCUT2D eigenvalue weighted by atomic mass is 16.1. The van der Waals surface area contributed by atoms with Crippen molar-refractivity contribution in [3.8, 4) is 0 Å². The first-order valence-corrected chi connectivity index (χ1v) is 7.66. The molecular weight excluding hydrogens is 224 g/mol. The second-order valence-electron chi connectivity index (χ2n) is 7.12. The second-order valence-corrected chi connectivity index (χ2v) is 7.12. The zero-order valence-corrected chi connectivity index (χ0v) is 11.5. The summed E-state index contributed by atoms with van der Waals surface area (Å²) in [5, 5.41) is 6.80. The standard InChI is InChI=1S/C15H26N2O/c1-15(5-2-6-15)10-16-14(18)9-11-7-12-3-4-13(8-11)17-12/h11-13,17H,2-10H2,1H3,(H,16,18). The maximum Gasteiger partial charge on any atom is 0.220 e. The van der Waals surface area contributed by atoms with Crippen molar-refractivity contribution in [1.82, 2.24) is 10.6 Å². The summed E-state index contributed by atoms with van der Waals surface area (Å²) in [4.78, 5) is 12.0. The van der Waals surface area contributed by atoms with E-state index in [0.29, 0.717) is 23.4 Å². The molecule has 3 aliphatic rings. The van der Waals surface area contributed by atoms with Gasteiger partial charge in [-0.1, -0.05) is 13.3 Å². The van der Waals surface area contributed by atoms with E-state index in [1.54, 1.807) is 0 Å². The lowest BCUT2D eigenvalue weighted by atomic mass is 9.70. The molecule has 3 heteroatoms. The van der Waals surface area contributed by atoms with Crippen molar-refractivity contribution in [2.75, 3.05) is 6.54 Å². The molecule has 0 aromatic rings. The fraction of sp³-hybridized carbons (Fsp3) is 0.933. The van der Waals surface area contributed by atoms with E-state index < -0.39 is 0 Å². The van der Waals surface area contributed by atoms with Crippen LogP contribution in [0.3, 0.4) is 0 Å². The van der Waals surface area contributed by atoms with Gasteiger partial charge in [-0.25, -0.2) is 0 Å². The molecule has 2 bridgehead atoms. The van der Waals surface area contributed by atoms with Crippen molar-refractivity contribution >= 4 is 5.91 Å². The molecule has 3 fully saturated rings. The predicted octanol–water partition coefficient (Wildman–Crippen LogP) is 2.21. The number of piperidine rings is 1. The van der Waals surface area contributed by atoms with Crippen molar-refractivity contribution in [1.29, 1.82) is 0 Å². The number of nitrogens with one attached hydrogen (secondary N) is 2. The number of hydrogen-bond acceptors (Lipinski definition) is 2. The van der Waals surface area contributed by atoms with Crippen LogP contribution in [0, 0.1) is 11.3 Å². The fourth-order valence-electron chi connectivity index (χ4n) is 3.95. The quantitative estimate of drug-likeness (QED) is 0.803. The van der Waals surface area contributed by atoms with Crippen LogP contribution in [0.1, 0.15) is 58.3 Å². The Balaban J connectivity index is 1.41. The smallest absolute Gasteiger partial charge is 0.220 e. The summed E-state index contributed by atoms with van der Waals surface area (Å²) in [7, 11) is 0. The highest BCUT2D eigenvalue weighted by molar-refractivity contribution is 5.76. The molecule has 0 radical (unpaired) electrons. The van der Waals surface area contributed by atoms with Crippen molar-refractivity contribution < 1.29 is 4.79 Å². The summed E-state index contributed by atoms with van der Waals surface area (Å²) in [6.07, 6.45) is 9.72. The minimum atomic E-state index is 0.287. The maximum atomic E-state index is 12.0. The number of amides is 1. The predicted molar refractivity (Wildman–Crippen MR) is 72.3 cm³/mol. The molecule has 0 aromatic carbocycles. The second kappa shape index (κ2) is 4.84. The van der Waals surface area contributed by atoms with Gasteiger partial charge in [0, 0.05) is 25.0 Å². The third-order valence-corrected chi connectivity index (χ3v) is 5.32. The summed E-state index contributed by atoms with van der Waals surface area (Å²) in [5.74, 6) is 0.910. The molecule has 1 amide bonds. The molecule has 2 N–H and O–H groups in total. The van der Waals surface area contributed by atoms with Crippen LogP contribution < -0.4 is 10.6 Å². The number of fused-ring (bicyclic) bond motifs is 2. The monoisotopic (exact) mass is 250 g/mol. The average Bonchev–Trinajstić information content (AvgIpc) is 2.64. The first kappa shape index (κ1) is 12.5. The Morgan fingerprint density at radius 2 is 1.94 bits per heavy atom. The Morgan fingerprint density at radius 1 is 1.28 bits per heavy atom. The Hall–Kier alpha value is -0.570. The average molecular weight is 250 g/mol. The summed E-state index contributed by atoms with van der Waals surface area (Å²) in [6, 6.07) is 1.40. The molecule has 1 saturated carbocycles. The number of carbonyl (C=O) groups is 1. The van der Waals surface area contributed by atoms with Gasteiger partial charge in [0.15, 0.2) is 0 Å². The van der Waals surface area contributed by atoms with Gasteiger partial charge in [-0.3, -0.25) is 4.79 Å². The molecule has 0 aromatic heterocycles. The maximum absolute atomic E-state index is 12.0. The number of rotatable bonds is 4. The molecule has 102 valence electrons. The summed E-state index contributed by atoms with van der Waals surface area (Å²) >= 11 is 0. The van der Waals surface area contributed by atoms with Gasteiger partial charge in [-0.2, -0.15) is 0 Å². The Bertz CT molecular complexity index is 312. The van der Waals surface area contributed by atoms with Gasteiger partial charge in [0.05, 0.1) is 0 Å². The van der Waals surface area contributed by atoms with Crippen LogP contribution in [0.15, 0.2) is 0 Å².